The van der Waals surface area contributed by atoms with Crippen molar-refractivity contribution in [3.63, 3.8) is 0 Å². The Morgan fingerprint density at radius 3 is 1.50 bits per heavy atom. The lowest BCUT2D eigenvalue weighted by Crippen LogP contribution is -2.61. The lowest BCUT2D eigenvalue weighted by atomic mass is 9.99. The van der Waals surface area contributed by atoms with Gasteiger partial charge in [0.05, 0.1) is 25.4 Å². The van der Waals surface area contributed by atoms with Gasteiger partial charge >= 0.3 is 5.97 Å². The first-order chi connectivity index (χ1) is 38.2. The number of hydrogen-bond acceptors (Lipinski definition) is 10. The van der Waals surface area contributed by atoms with Crippen molar-refractivity contribution in [2.24, 2.45) is 0 Å². The van der Waals surface area contributed by atoms with Crippen LogP contribution >= 0.6 is 0 Å². The van der Waals surface area contributed by atoms with Crippen molar-refractivity contribution in [3.05, 3.63) is 72.9 Å². The minimum atomic E-state index is -1.62. The van der Waals surface area contributed by atoms with E-state index in [2.05, 4.69) is 74.7 Å². The number of rotatable bonds is 54. The minimum Gasteiger partial charge on any atom is -0.454 e. The van der Waals surface area contributed by atoms with E-state index in [-0.39, 0.29) is 19.4 Å². The Kier molecular flexibility index (Phi) is 51.3. The summed E-state index contributed by atoms with van der Waals surface area (Å²) in [6.07, 6.45) is 59.4. The Bertz CT molecular complexity index is 1540. The number of carbonyl (C=O) groups excluding carboxylic acids is 2. The first-order valence-electron chi connectivity index (χ1n) is 32.2. The molecule has 8 unspecified atom stereocenters. The third-order valence-corrected chi connectivity index (χ3v) is 14.9. The molecule has 452 valence electrons. The molecule has 1 rings (SSSR count). The van der Waals surface area contributed by atoms with E-state index in [1.807, 2.05) is 18.2 Å². The molecule has 0 radical (unpaired) electrons. The highest BCUT2D eigenvalue weighted by molar-refractivity contribution is 5.80. The minimum absolute atomic E-state index is 0.120. The molecule has 0 spiro atoms. The molecule has 11 nitrogen and oxygen atoms in total. The van der Waals surface area contributed by atoms with Crippen LogP contribution in [0.3, 0.4) is 0 Å². The quantitative estimate of drug-likeness (QED) is 0.0149. The first kappa shape index (κ1) is 73.1. The van der Waals surface area contributed by atoms with E-state index >= 15 is 0 Å². The molecule has 0 bridgehead atoms. The third-order valence-electron chi connectivity index (χ3n) is 14.9. The number of esters is 1. The van der Waals surface area contributed by atoms with Crippen LogP contribution in [0.5, 0.6) is 0 Å². The molecule has 1 amide bonds. The van der Waals surface area contributed by atoms with Crippen molar-refractivity contribution < 1.29 is 49.3 Å². The summed E-state index contributed by atoms with van der Waals surface area (Å²) in [5.41, 5.74) is 0. The van der Waals surface area contributed by atoms with Crippen LogP contribution < -0.4 is 5.32 Å². The second kappa shape index (κ2) is 54.7. The maximum absolute atomic E-state index is 13.4. The number of aliphatic hydroxyl groups excluding tert-OH is 5. The number of aliphatic hydroxyl groups is 5. The summed E-state index contributed by atoms with van der Waals surface area (Å²) in [5, 5.41) is 57.0. The lowest BCUT2D eigenvalue weighted by Gasteiger charge is -2.41. The average molecular weight is 1100 g/mol. The van der Waals surface area contributed by atoms with Crippen LogP contribution in [0.25, 0.3) is 0 Å². The molecule has 1 saturated heterocycles. The second-order valence-electron chi connectivity index (χ2n) is 22.2. The average Bonchev–Trinajstić information content (AvgIpc) is 3.45. The van der Waals surface area contributed by atoms with Gasteiger partial charge in [-0.1, -0.05) is 267 Å². The fourth-order valence-electron chi connectivity index (χ4n) is 9.80. The van der Waals surface area contributed by atoms with Crippen LogP contribution in [-0.2, 0) is 23.8 Å². The molecule has 1 fully saturated rings. The summed E-state index contributed by atoms with van der Waals surface area (Å²) in [7, 11) is 0. The number of unbranched alkanes of at least 4 members (excludes halogenated alkanes) is 32. The van der Waals surface area contributed by atoms with Crippen molar-refractivity contribution in [3.8, 4) is 0 Å². The van der Waals surface area contributed by atoms with Gasteiger partial charge in [-0.25, -0.2) is 0 Å². The standard InChI is InChI=1S/C67H119NO10/c1-4-7-10-13-16-19-22-25-27-28-29-30-31-32-33-34-35-37-40-43-46-49-52-55-62(72)78-65-64(74)63(73)61(56-69)77-67(65)76-57-58(59(70)53-50-47-44-41-38-24-21-18-15-12-9-6-3)68-66(75)60(71)54-51-48-45-42-39-36-26-23-20-17-14-11-8-5-2/h8,11,14,16-17,19-20,23,25,27,50,53,58-61,63-65,67,69-71,73-74H,4-7,9-10,12-13,15,18,21-22,24,26,28-49,51-52,54-57H2,1-3H3,(H,68,75)/b11-8+,17-14+,19-16-,23-20+,27-25-,53-50+. The van der Waals surface area contributed by atoms with Gasteiger partial charge in [0.15, 0.2) is 12.4 Å². The topological polar surface area (TPSA) is 175 Å². The fraction of sp³-hybridized carbons (Fsp3) is 0.791. The molecule has 0 aliphatic carbocycles. The molecule has 0 aromatic rings. The van der Waals surface area contributed by atoms with Crippen LogP contribution in [-0.4, -0.2) is 99.6 Å². The van der Waals surface area contributed by atoms with Crippen LogP contribution in [0.2, 0.25) is 0 Å². The smallest absolute Gasteiger partial charge is 0.306 e. The molecule has 1 aliphatic heterocycles. The highest BCUT2D eigenvalue weighted by atomic mass is 16.7. The van der Waals surface area contributed by atoms with E-state index < -0.39 is 67.4 Å². The molecule has 1 heterocycles. The highest BCUT2D eigenvalue weighted by Gasteiger charge is 2.47. The van der Waals surface area contributed by atoms with Crippen LogP contribution in [0.15, 0.2) is 72.9 Å². The zero-order valence-electron chi connectivity index (χ0n) is 50.0. The van der Waals surface area contributed by atoms with E-state index in [1.165, 1.54) is 141 Å². The Hall–Kier alpha value is -2.90. The molecular weight excluding hydrogens is 979 g/mol. The molecule has 0 aromatic heterocycles. The summed E-state index contributed by atoms with van der Waals surface area (Å²) < 4.78 is 17.6. The molecule has 11 heteroatoms. The van der Waals surface area contributed by atoms with E-state index in [1.54, 1.807) is 6.08 Å². The van der Waals surface area contributed by atoms with Crippen LogP contribution in [0.1, 0.15) is 278 Å². The van der Waals surface area contributed by atoms with Gasteiger partial charge in [-0.05, 0) is 77.0 Å². The number of allylic oxidation sites excluding steroid dienone is 11. The maximum atomic E-state index is 13.4. The van der Waals surface area contributed by atoms with Gasteiger partial charge in [0.2, 0.25) is 5.91 Å². The normalized spacial score (nSPS) is 19.4. The zero-order chi connectivity index (χ0) is 56.8. The number of carbonyl (C=O) groups is 2. The molecular formula is C67H119NO10. The van der Waals surface area contributed by atoms with Crippen LogP contribution in [0.4, 0.5) is 0 Å². The Morgan fingerprint density at radius 2 is 0.974 bits per heavy atom. The first-order valence-corrected chi connectivity index (χ1v) is 32.2. The number of amides is 1. The van der Waals surface area contributed by atoms with Crippen molar-refractivity contribution >= 4 is 11.9 Å². The monoisotopic (exact) mass is 1100 g/mol. The molecule has 0 aromatic carbocycles. The van der Waals surface area contributed by atoms with Crippen molar-refractivity contribution in [2.75, 3.05) is 13.2 Å². The SMILES string of the molecule is CC/C=C/C=C/C=C/CCCCCCCCC(O)C(=O)NC(COC1OC(CO)C(O)C(O)C1OC(=O)CCCCCCCCCCCCCCC/C=C\C/C=C\CCCCC)C(O)/C=C/CCCCCCCCCCCC. The Morgan fingerprint density at radius 1 is 0.526 bits per heavy atom. The molecule has 1 aliphatic rings. The zero-order valence-corrected chi connectivity index (χ0v) is 50.0. The summed E-state index contributed by atoms with van der Waals surface area (Å²) in [4.78, 5) is 26.6. The summed E-state index contributed by atoms with van der Waals surface area (Å²) in [6, 6.07) is -1.03. The largest absolute Gasteiger partial charge is 0.454 e. The lowest BCUT2D eigenvalue weighted by molar-refractivity contribution is -0.305. The third kappa shape index (κ3) is 42.0. The van der Waals surface area contributed by atoms with Crippen molar-refractivity contribution in [1.29, 1.82) is 0 Å². The molecule has 78 heavy (non-hydrogen) atoms. The van der Waals surface area contributed by atoms with Gasteiger partial charge in [0.25, 0.3) is 0 Å². The van der Waals surface area contributed by atoms with Crippen LogP contribution in [0, 0.1) is 0 Å². The summed E-state index contributed by atoms with van der Waals surface area (Å²) in [5.74, 6) is -1.21. The van der Waals surface area contributed by atoms with E-state index in [0.717, 1.165) is 89.9 Å². The van der Waals surface area contributed by atoms with Crippen molar-refractivity contribution in [2.45, 2.75) is 327 Å². The fourth-order valence-corrected chi connectivity index (χ4v) is 9.80. The van der Waals surface area contributed by atoms with E-state index in [0.29, 0.717) is 12.8 Å². The van der Waals surface area contributed by atoms with Gasteiger partial charge in [0.1, 0.15) is 24.4 Å². The molecule has 0 saturated carbocycles. The Labute approximate surface area is 477 Å². The molecule has 8 atom stereocenters. The van der Waals surface area contributed by atoms with E-state index in [9.17, 15) is 35.1 Å². The van der Waals surface area contributed by atoms with Gasteiger partial charge in [-0.2, -0.15) is 0 Å². The van der Waals surface area contributed by atoms with Gasteiger partial charge in [0, 0.05) is 6.42 Å². The van der Waals surface area contributed by atoms with Gasteiger partial charge in [-0.15, -0.1) is 0 Å². The molecule has 6 N–H and O–H groups in total. The number of nitrogens with one attached hydrogen (secondary N) is 1. The predicted molar refractivity (Wildman–Crippen MR) is 324 cm³/mol. The second-order valence-corrected chi connectivity index (χ2v) is 22.2. The van der Waals surface area contributed by atoms with Crippen molar-refractivity contribution in [1.82, 2.24) is 5.32 Å². The summed E-state index contributed by atoms with van der Waals surface area (Å²) in [6.45, 7) is 5.63. The highest BCUT2D eigenvalue weighted by Crippen LogP contribution is 2.26. The number of hydrogen-bond donors (Lipinski definition) is 6. The van der Waals surface area contributed by atoms with Gasteiger partial charge in [-0.3, -0.25) is 9.59 Å². The maximum Gasteiger partial charge on any atom is 0.306 e. The summed E-state index contributed by atoms with van der Waals surface area (Å²) >= 11 is 0. The predicted octanol–water partition coefficient (Wildman–Crippen LogP) is 15.6. The Balaban J connectivity index is 2.61. The number of ether oxygens (including phenoxy) is 3. The van der Waals surface area contributed by atoms with E-state index in [4.69, 9.17) is 14.2 Å². The van der Waals surface area contributed by atoms with Gasteiger partial charge < -0.3 is 45.1 Å².